The maximum atomic E-state index is 5.80. The summed E-state index contributed by atoms with van der Waals surface area (Å²) >= 11 is 5.80. The van der Waals surface area contributed by atoms with Crippen molar-refractivity contribution in [1.29, 1.82) is 0 Å². The molecule has 0 saturated carbocycles. The van der Waals surface area contributed by atoms with Crippen molar-refractivity contribution in [2.75, 3.05) is 11.4 Å². The van der Waals surface area contributed by atoms with E-state index in [0.717, 1.165) is 31.3 Å². The zero-order valence-electron chi connectivity index (χ0n) is 9.47. The van der Waals surface area contributed by atoms with Crippen molar-refractivity contribution in [3.8, 4) is 0 Å². The summed E-state index contributed by atoms with van der Waals surface area (Å²) in [5, 5.41) is 0.290. The largest absolute Gasteiger partial charge is 0.349 e. The highest BCUT2D eigenvalue weighted by Crippen LogP contribution is 2.20. The number of fused-ring (bicyclic) bond motifs is 1. The highest BCUT2D eigenvalue weighted by Gasteiger charge is 2.19. The number of aryl methyl sites for hydroxylation is 1. The maximum Gasteiger partial charge on any atom is 0.224 e. The number of halogens is 1. The molecule has 3 heterocycles. The van der Waals surface area contributed by atoms with Crippen LogP contribution < -0.4 is 4.90 Å². The van der Waals surface area contributed by atoms with E-state index >= 15 is 0 Å². The van der Waals surface area contributed by atoms with Crippen LogP contribution in [0.15, 0.2) is 18.5 Å². The molecule has 0 aliphatic carbocycles. The summed E-state index contributed by atoms with van der Waals surface area (Å²) < 4.78 is 2.24. The monoisotopic (exact) mass is 249 g/mol. The van der Waals surface area contributed by atoms with Gasteiger partial charge in [0.1, 0.15) is 11.6 Å². The van der Waals surface area contributed by atoms with E-state index in [4.69, 9.17) is 11.6 Å². The summed E-state index contributed by atoms with van der Waals surface area (Å²) in [5.41, 5.74) is 1.21. The number of rotatable bonds is 1. The van der Waals surface area contributed by atoms with Crippen LogP contribution in [0, 0.1) is 6.92 Å². The van der Waals surface area contributed by atoms with Gasteiger partial charge in [0, 0.05) is 19.3 Å². The highest BCUT2D eigenvalue weighted by atomic mass is 35.5. The molecular weight excluding hydrogens is 238 g/mol. The number of hydrogen-bond donors (Lipinski definition) is 0. The molecule has 0 unspecified atom stereocenters. The Balaban J connectivity index is 1.89. The van der Waals surface area contributed by atoms with Crippen LogP contribution in [0.5, 0.6) is 0 Å². The summed E-state index contributed by atoms with van der Waals surface area (Å²) in [5.74, 6) is 1.94. The van der Waals surface area contributed by atoms with Gasteiger partial charge in [-0.3, -0.25) is 0 Å². The van der Waals surface area contributed by atoms with E-state index in [-0.39, 0.29) is 5.28 Å². The number of imidazole rings is 1. The molecule has 0 amide bonds. The molecule has 2 aromatic rings. The van der Waals surface area contributed by atoms with Gasteiger partial charge in [-0.1, -0.05) is 0 Å². The molecular formula is C11H12ClN5. The molecule has 0 aromatic carbocycles. The third kappa shape index (κ3) is 1.86. The maximum absolute atomic E-state index is 5.80. The number of nitrogens with zero attached hydrogens (tertiary/aromatic N) is 5. The molecule has 1 aliphatic heterocycles. The average molecular weight is 250 g/mol. The van der Waals surface area contributed by atoms with Gasteiger partial charge in [-0.15, -0.1) is 0 Å². The van der Waals surface area contributed by atoms with E-state index < -0.39 is 0 Å². The second kappa shape index (κ2) is 4.00. The Hall–Kier alpha value is -1.62. The number of anilines is 1. The van der Waals surface area contributed by atoms with Crippen LogP contribution in [0.4, 0.5) is 5.82 Å². The van der Waals surface area contributed by atoms with Crippen LogP contribution in [-0.4, -0.2) is 26.1 Å². The van der Waals surface area contributed by atoms with Gasteiger partial charge in [-0.05, 0) is 24.6 Å². The van der Waals surface area contributed by atoms with Gasteiger partial charge in [-0.2, -0.15) is 0 Å². The molecule has 0 bridgehead atoms. The average Bonchev–Trinajstić information content (AvgIpc) is 2.71. The van der Waals surface area contributed by atoms with Crippen molar-refractivity contribution >= 4 is 17.4 Å². The van der Waals surface area contributed by atoms with Crippen LogP contribution in [0.2, 0.25) is 5.28 Å². The Labute approximate surface area is 104 Å². The van der Waals surface area contributed by atoms with Crippen molar-refractivity contribution in [3.05, 3.63) is 35.3 Å². The predicted molar refractivity (Wildman–Crippen MR) is 65.1 cm³/mol. The summed E-state index contributed by atoms with van der Waals surface area (Å²) in [7, 11) is 0. The Kier molecular flexibility index (Phi) is 2.48. The van der Waals surface area contributed by atoms with Gasteiger partial charge in [0.05, 0.1) is 18.4 Å². The molecule has 0 radical (unpaired) electrons. The number of aromatic nitrogens is 4. The van der Waals surface area contributed by atoms with Crippen LogP contribution in [0.3, 0.4) is 0 Å². The Morgan fingerprint density at radius 2 is 2.18 bits per heavy atom. The molecule has 0 spiro atoms. The first-order valence-corrected chi connectivity index (χ1v) is 5.86. The second-order valence-corrected chi connectivity index (χ2v) is 4.39. The van der Waals surface area contributed by atoms with Crippen molar-refractivity contribution in [2.45, 2.75) is 20.0 Å². The minimum absolute atomic E-state index is 0.290. The Morgan fingerprint density at radius 1 is 1.29 bits per heavy atom. The Bertz CT molecular complexity index is 551. The van der Waals surface area contributed by atoms with Crippen LogP contribution in [-0.2, 0) is 13.1 Å². The van der Waals surface area contributed by atoms with Crippen LogP contribution in [0.25, 0.3) is 0 Å². The molecule has 17 heavy (non-hydrogen) atoms. The lowest BCUT2D eigenvalue weighted by atomic mass is 10.3. The topological polar surface area (TPSA) is 46.8 Å². The van der Waals surface area contributed by atoms with E-state index in [1.54, 1.807) is 6.20 Å². The molecule has 0 N–H and O–H groups in total. The summed E-state index contributed by atoms with van der Waals surface area (Å²) in [6.45, 7) is 4.69. The first-order valence-electron chi connectivity index (χ1n) is 5.48. The number of hydrogen-bond acceptors (Lipinski definition) is 4. The lowest BCUT2D eigenvalue weighted by molar-refractivity contribution is 0.556. The Morgan fingerprint density at radius 3 is 3.00 bits per heavy atom. The van der Waals surface area contributed by atoms with E-state index in [9.17, 15) is 0 Å². The van der Waals surface area contributed by atoms with Crippen LogP contribution in [0.1, 0.15) is 11.5 Å². The van der Waals surface area contributed by atoms with Crippen molar-refractivity contribution in [1.82, 2.24) is 19.5 Å². The van der Waals surface area contributed by atoms with Gasteiger partial charge >= 0.3 is 0 Å². The van der Waals surface area contributed by atoms with Crippen molar-refractivity contribution in [2.24, 2.45) is 0 Å². The summed E-state index contributed by atoms with van der Waals surface area (Å²) in [6.07, 6.45) is 3.60. The minimum Gasteiger partial charge on any atom is -0.349 e. The molecule has 0 saturated heterocycles. The molecule has 6 heteroatoms. The third-order valence-corrected chi connectivity index (χ3v) is 3.20. The van der Waals surface area contributed by atoms with Crippen molar-refractivity contribution < 1.29 is 0 Å². The quantitative estimate of drug-likeness (QED) is 0.721. The van der Waals surface area contributed by atoms with E-state index in [2.05, 4.69) is 24.4 Å². The molecule has 5 nitrogen and oxygen atoms in total. The van der Waals surface area contributed by atoms with Gasteiger partial charge < -0.3 is 9.47 Å². The summed E-state index contributed by atoms with van der Waals surface area (Å²) in [6, 6.07) is 1.88. The van der Waals surface area contributed by atoms with E-state index in [1.165, 1.54) is 5.69 Å². The van der Waals surface area contributed by atoms with E-state index in [0.29, 0.717) is 0 Å². The molecule has 0 atom stereocenters. The minimum atomic E-state index is 0.290. The third-order valence-electron chi connectivity index (χ3n) is 3.02. The van der Waals surface area contributed by atoms with Crippen LogP contribution >= 0.6 is 11.6 Å². The fourth-order valence-electron chi connectivity index (χ4n) is 2.14. The first kappa shape index (κ1) is 10.5. The fourth-order valence-corrected chi connectivity index (χ4v) is 2.28. The van der Waals surface area contributed by atoms with E-state index in [1.807, 2.05) is 19.2 Å². The zero-order chi connectivity index (χ0) is 11.8. The SMILES string of the molecule is Cc1ncc2n1CCN(c1ccnc(Cl)n1)C2. The van der Waals surface area contributed by atoms with Gasteiger partial charge in [0.15, 0.2) is 0 Å². The molecule has 2 aromatic heterocycles. The first-order chi connectivity index (χ1) is 8.24. The molecule has 3 rings (SSSR count). The summed E-state index contributed by atoms with van der Waals surface area (Å²) in [4.78, 5) is 14.6. The standard InChI is InChI=1S/C11H12ClN5/c1-8-14-6-9-7-16(4-5-17(8)9)10-2-3-13-11(12)15-10/h2-3,6H,4-5,7H2,1H3. The molecule has 88 valence electrons. The van der Waals surface area contributed by atoms with Gasteiger partial charge in [0.25, 0.3) is 0 Å². The normalized spacial score (nSPS) is 14.8. The predicted octanol–water partition coefficient (Wildman–Crippen LogP) is 1.66. The fraction of sp³-hybridized carbons (Fsp3) is 0.364. The molecule has 1 aliphatic rings. The van der Waals surface area contributed by atoms with Gasteiger partial charge in [0.2, 0.25) is 5.28 Å². The molecule has 0 fully saturated rings. The second-order valence-electron chi connectivity index (χ2n) is 4.05. The highest BCUT2D eigenvalue weighted by molar-refractivity contribution is 6.28. The van der Waals surface area contributed by atoms with Gasteiger partial charge in [-0.25, -0.2) is 15.0 Å². The lowest BCUT2D eigenvalue weighted by Gasteiger charge is -2.29. The lowest BCUT2D eigenvalue weighted by Crippen LogP contribution is -2.34. The zero-order valence-corrected chi connectivity index (χ0v) is 10.2. The van der Waals surface area contributed by atoms with Crippen molar-refractivity contribution in [3.63, 3.8) is 0 Å². The smallest absolute Gasteiger partial charge is 0.224 e.